The molecule has 4 rings (SSSR count). The van der Waals surface area contributed by atoms with E-state index in [1.54, 1.807) is 12.1 Å². The fraction of sp³-hybridized carbons (Fsp3) is 0.444. The summed E-state index contributed by atoms with van der Waals surface area (Å²) in [5.41, 5.74) is -0.426. The number of aliphatic hydroxyl groups is 1. The number of phenolic OH excluding ortho intramolecular Hbond substituents is 1. The van der Waals surface area contributed by atoms with E-state index in [0.29, 0.717) is 5.56 Å². The van der Waals surface area contributed by atoms with E-state index in [1.807, 2.05) is 52.0 Å². The molecule has 5 heteroatoms. The molecule has 2 N–H and O–H groups in total. The van der Waals surface area contributed by atoms with Gasteiger partial charge in [-0.15, -0.1) is 0 Å². The standard InChI is InChI=1S/C27H30O5/c1-26(2)11-19(29)24(20(30)12-26)23(25-21(31)13-27(3,4)14-22(25)32)17-9-15-7-5-6-8-16(15)10-18(17)28/h5-10,23-24,28,31H,11-14H2,1-4H3/t23-/m0/s1. The first kappa shape index (κ1) is 22.3. The van der Waals surface area contributed by atoms with E-state index in [-0.39, 0.29) is 60.1 Å². The van der Waals surface area contributed by atoms with Crippen molar-refractivity contribution in [2.24, 2.45) is 16.7 Å². The molecule has 2 aliphatic rings. The molecule has 2 aromatic rings. The third-order valence-corrected chi connectivity index (χ3v) is 6.77. The molecule has 0 amide bonds. The first-order valence-electron chi connectivity index (χ1n) is 11.1. The van der Waals surface area contributed by atoms with Crippen molar-refractivity contribution in [3.05, 3.63) is 53.3 Å². The molecule has 32 heavy (non-hydrogen) atoms. The van der Waals surface area contributed by atoms with Crippen molar-refractivity contribution in [3.63, 3.8) is 0 Å². The Kier molecular flexibility index (Phi) is 5.27. The average Bonchev–Trinajstić information content (AvgIpc) is 2.63. The molecule has 0 heterocycles. The molecule has 168 valence electrons. The van der Waals surface area contributed by atoms with Crippen LogP contribution in [0.5, 0.6) is 5.75 Å². The van der Waals surface area contributed by atoms with Gasteiger partial charge in [0.1, 0.15) is 23.1 Å². The smallest absolute Gasteiger partial charge is 0.163 e. The van der Waals surface area contributed by atoms with Gasteiger partial charge in [-0.1, -0.05) is 52.0 Å². The molecule has 0 unspecified atom stereocenters. The first-order chi connectivity index (χ1) is 14.9. The number of hydrogen-bond acceptors (Lipinski definition) is 5. The summed E-state index contributed by atoms with van der Waals surface area (Å²) in [4.78, 5) is 39.8. The Morgan fingerprint density at radius 2 is 1.34 bits per heavy atom. The van der Waals surface area contributed by atoms with Crippen LogP contribution < -0.4 is 0 Å². The van der Waals surface area contributed by atoms with Crippen molar-refractivity contribution in [2.75, 3.05) is 0 Å². The van der Waals surface area contributed by atoms with Gasteiger partial charge in [0.05, 0.1) is 5.92 Å². The van der Waals surface area contributed by atoms with Gasteiger partial charge in [-0.05, 0) is 33.7 Å². The highest BCUT2D eigenvalue weighted by molar-refractivity contribution is 6.09. The number of allylic oxidation sites excluding steroid dienone is 2. The lowest BCUT2D eigenvalue weighted by molar-refractivity contribution is -0.140. The predicted octanol–water partition coefficient (Wildman–Crippen LogP) is 5.40. The number of aliphatic hydroxyl groups excluding tert-OH is 1. The molecule has 2 aliphatic carbocycles. The summed E-state index contributed by atoms with van der Waals surface area (Å²) in [6, 6.07) is 10.8. The van der Waals surface area contributed by atoms with E-state index in [4.69, 9.17) is 0 Å². The van der Waals surface area contributed by atoms with Crippen molar-refractivity contribution in [3.8, 4) is 5.75 Å². The van der Waals surface area contributed by atoms with Crippen molar-refractivity contribution in [1.29, 1.82) is 0 Å². The molecule has 1 saturated carbocycles. The Bertz CT molecular complexity index is 1150. The van der Waals surface area contributed by atoms with E-state index in [1.165, 1.54) is 0 Å². The van der Waals surface area contributed by atoms with E-state index in [9.17, 15) is 24.6 Å². The van der Waals surface area contributed by atoms with Crippen molar-refractivity contribution >= 4 is 28.1 Å². The SMILES string of the molecule is CC1(C)CC(=O)C([C@@H](C2=C(O)CC(C)(C)CC2=O)c2cc3ccccc3cc2O)C(=O)C1. The first-order valence-corrected chi connectivity index (χ1v) is 11.1. The lowest BCUT2D eigenvalue weighted by Gasteiger charge is -2.39. The Hall–Kier alpha value is -2.95. The average molecular weight is 435 g/mol. The van der Waals surface area contributed by atoms with Crippen molar-refractivity contribution in [2.45, 2.75) is 59.3 Å². The molecule has 5 nitrogen and oxygen atoms in total. The summed E-state index contributed by atoms with van der Waals surface area (Å²) in [6.07, 6.45) is 0.904. The number of hydrogen-bond donors (Lipinski definition) is 2. The van der Waals surface area contributed by atoms with Crippen LogP contribution in [0.15, 0.2) is 47.7 Å². The molecule has 0 saturated heterocycles. The van der Waals surface area contributed by atoms with Gasteiger partial charge in [0.15, 0.2) is 5.78 Å². The molecule has 2 aromatic carbocycles. The highest BCUT2D eigenvalue weighted by Gasteiger charge is 2.49. The van der Waals surface area contributed by atoms with Gasteiger partial charge in [0.25, 0.3) is 0 Å². The van der Waals surface area contributed by atoms with Crippen molar-refractivity contribution < 1.29 is 24.6 Å². The topological polar surface area (TPSA) is 91.7 Å². The molecule has 0 bridgehead atoms. The molecule has 0 spiro atoms. The van der Waals surface area contributed by atoms with Gasteiger partial charge >= 0.3 is 0 Å². The summed E-state index contributed by atoms with van der Waals surface area (Å²) >= 11 is 0. The number of aromatic hydroxyl groups is 1. The van der Waals surface area contributed by atoms with Crippen LogP contribution in [0.3, 0.4) is 0 Å². The second kappa shape index (κ2) is 7.58. The Morgan fingerprint density at radius 1 is 0.812 bits per heavy atom. The molecule has 0 aromatic heterocycles. The number of phenols is 1. The maximum Gasteiger partial charge on any atom is 0.163 e. The predicted molar refractivity (Wildman–Crippen MR) is 123 cm³/mol. The normalized spacial score (nSPS) is 22.4. The third-order valence-electron chi connectivity index (χ3n) is 6.77. The minimum Gasteiger partial charge on any atom is -0.512 e. The second-order valence-electron chi connectivity index (χ2n) is 11.0. The number of Topliss-reactive ketones (excluding diaryl/α,β-unsaturated/α-hetero) is 3. The minimum absolute atomic E-state index is 0.0860. The molecule has 1 fully saturated rings. The van der Waals surface area contributed by atoms with E-state index >= 15 is 0 Å². The van der Waals surface area contributed by atoms with Gasteiger partial charge in [0, 0.05) is 42.7 Å². The zero-order valence-electron chi connectivity index (χ0n) is 19.1. The maximum absolute atomic E-state index is 13.3. The largest absolute Gasteiger partial charge is 0.512 e. The minimum atomic E-state index is -1.10. The van der Waals surface area contributed by atoms with Crippen LogP contribution in [-0.4, -0.2) is 27.6 Å². The third kappa shape index (κ3) is 3.96. The highest BCUT2D eigenvalue weighted by atomic mass is 16.3. The van der Waals surface area contributed by atoms with Crippen LogP contribution in [0, 0.1) is 16.7 Å². The van der Waals surface area contributed by atoms with Crippen molar-refractivity contribution in [1.82, 2.24) is 0 Å². The number of ketones is 3. The van der Waals surface area contributed by atoms with Crippen LogP contribution >= 0.6 is 0 Å². The molecule has 0 radical (unpaired) electrons. The van der Waals surface area contributed by atoms with Crippen LogP contribution in [0.4, 0.5) is 0 Å². The lowest BCUT2D eigenvalue weighted by Crippen LogP contribution is -2.43. The number of carbonyl (C=O) groups is 3. The summed E-state index contributed by atoms with van der Waals surface area (Å²) in [6.45, 7) is 7.57. The number of benzene rings is 2. The van der Waals surface area contributed by atoms with Gasteiger partial charge in [-0.25, -0.2) is 0 Å². The van der Waals surface area contributed by atoms with E-state index in [2.05, 4.69) is 0 Å². The van der Waals surface area contributed by atoms with Gasteiger partial charge in [-0.3, -0.25) is 14.4 Å². The zero-order chi connectivity index (χ0) is 23.4. The highest BCUT2D eigenvalue weighted by Crippen LogP contribution is 2.49. The van der Waals surface area contributed by atoms with Crippen LogP contribution in [-0.2, 0) is 14.4 Å². The van der Waals surface area contributed by atoms with Crippen LogP contribution in [0.1, 0.15) is 64.9 Å². The Labute approximate surface area is 188 Å². The van der Waals surface area contributed by atoms with Crippen LogP contribution in [0.2, 0.25) is 0 Å². The fourth-order valence-corrected chi connectivity index (χ4v) is 5.43. The summed E-state index contributed by atoms with van der Waals surface area (Å²) in [5.74, 6) is -3.05. The summed E-state index contributed by atoms with van der Waals surface area (Å²) in [5, 5.41) is 23.6. The maximum atomic E-state index is 13.3. The van der Waals surface area contributed by atoms with Gasteiger partial charge in [0.2, 0.25) is 0 Å². The molecular formula is C27H30O5. The quantitative estimate of drug-likeness (QED) is 0.631. The number of rotatable bonds is 3. The monoisotopic (exact) mass is 434 g/mol. The molecule has 1 atom stereocenters. The van der Waals surface area contributed by atoms with E-state index in [0.717, 1.165) is 10.8 Å². The molecule has 0 aliphatic heterocycles. The van der Waals surface area contributed by atoms with Crippen LogP contribution in [0.25, 0.3) is 10.8 Å². The van der Waals surface area contributed by atoms with Gasteiger partial charge in [-0.2, -0.15) is 0 Å². The second-order valence-corrected chi connectivity index (χ2v) is 11.0. The fourth-order valence-electron chi connectivity index (χ4n) is 5.43. The zero-order valence-corrected chi connectivity index (χ0v) is 19.1. The number of fused-ring (bicyclic) bond motifs is 1. The Balaban J connectivity index is 1.95. The summed E-state index contributed by atoms with van der Waals surface area (Å²) < 4.78 is 0. The van der Waals surface area contributed by atoms with E-state index < -0.39 is 22.7 Å². The van der Waals surface area contributed by atoms with Gasteiger partial charge < -0.3 is 10.2 Å². The molecular weight excluding hydrogens is 404 g/mol. The number of carbonyl (C=O) groups excluding carboxylic acids is 3. The summed E-state index contributed by atoms with van der Waals surface area (Å²) in [7, 11) is 0. The lowest BCUT2D eigenvalue weighted by atomic mass is 9.62. The Morgan fingerprint density at radius 3 is 1.91 bits per heavy atom.